The quantitative estimate of drug-likeness (QED) is 0.620. The van der Waals surface area contributed by atoms with Crippen molar-refractivity contribution in [3.05, 3.63) is 35.7 Å². The molecule has 1 N–H and O–H groups in total. The second kappa shape index (κ2) is 9.21. The first-order chi connectivity index (χ1) is 16.4. The number of aromatic nitrogens is 4. The first-order valence-electron chi connectivity index (χ1n) is 12.0. The van der Waals surface area contributed by atoms with Crippen molar-refractivity contribution in [2.45, 2.75) is 44.7 Å². The van der Waals surface area contributed by atoms with Gasteiger partial charge in [-0.25, -0.2) is 9.67 Å². The van der Waals surface area contributed by atoms with Gasteiger partial charge in [0.2, 0.25) is 11.9 Å². The number of rotatable bonds is 5. The molecule has 3 aromatic rings. The highest BCUT2D eigenvalue weighted by molar-refractivity contribution is 5.78. The summed E-state index contributed by atoms with van der Waals surface area (Å²) in [5.41, 5.74) is 4.31. The number of amides is 1. The third-order valence-corrected chi connectivity index (χ3v) is 7.14. The number of carbonyl (C=O) groups excluding carboxylic acids is 1. The van der Waals surface area contributed by atoms with Gasteiger partial charge in [-0.05, 0) is 62.4 Å². The maximum Gasteiger partial charge on any atom is 0.229 e. The van der Waals surface area contributed by atoms with E-state index in [1.165, 1.54) is 11.1 Å². The molecule has 0 saturated heterocycles. The average molecular weight is 464 g/mol. The smallest absolute Gasteiger partial charge is 0.229 e. The van der Waals surface area contributed by atoms with E-state index in [1.54, 1.807) is 12.0 Å². The number of benzene rings is 1. The first kappa shape index (κ1) is 22.6. The first-order valence-corrected chi connectivity index (χ1v) is 12.0. The topological polar surface area (TPSA) is 88.4 Å². The summed E-state index contributed by atoms with van der Waals surface area (Å²) in [6, 6.07) is 4.51. The molecular weight excluding hydrogens is 430 g/mol. The molecule has 0 bridgehead atoms. The normalized spacial score (nSPS) is 20.7. The minimum Gasteiger partial charge on any atom is -0.495 e. The van der Waals surface area contributed by atoms with Crippen molar-refractivity contribution in [2.24, 2.45) is 5.92 Å². The van der Waals surface area contributed by atoms with E-state index in [2.05, 4.69) is 39.5 Å². The molecule has 0 radical (unpaired) electrons. The van der Waals surface area contributed by atoms with Crippen molar-refractivity contribution in [3.63, 3.8) is 0 Å². The third-order valence-electron chi connectivity index (χ3n) is 7.14. The highest BCUT2D eigenvalue weighted by Gasteiger charge is 2.29. The predicted molar refractivity (Wildman–Crippen MR) is 131 cm³/mol. The van der Waals surface area contributed by atoms with Crippen LogP contribution >= 0.6 is 0 Å². The van der Waals surface area contributed by atoms with Crippen molar-refractivity contribution in [2.75, 3.05) is 40.1 Å². The maximum atomic E-state index is 12.3. The Hall–Kier alpha value is -3.20. The minimum atomic E-state index is 0.107. The van der Waals surface area contributed by atoms with Crippen LogP contribution in [0.3, 0.4) is 0 Å². The number of fused-ring (bicyclic) bond motifs is 2. The molecule has 34 heavy (non-hydrogen) atoms. The molecule has 3 heterocycles. The highest BCUT2D eigenvalue weighted by atomic mass is 16.5. The molecule has 1 aliphatic heterocycles. The van der Waals surface area contributed by atoms with Gasteiger partial charge in [-0.3, -0.25) is 4.79 Å². The Balaban J connectivity index is 1.38. The van der Waals surface area contributed by atoms with Crippen molar-refractivity contribution < 1.29 is 9.53 Å². The fourth-order valence-corrected chi connectivity index (χ4v) is 5.21. The number of anilines is 2. The molecule has 1 saturated carbocycles. The second-order valence-electron chi connectivity index (χ2n) is 9.73. The van der Waals surface area contributed by atoms with Crippen molar-refractivity contribution in [1.29, 1.82) is 0 Å². The number of ether oxygens (including phenoxy) is 1. The van der Waals surface area contributed by atoms with Gasteiger partial charge < -0.3 is 19.9 Å². The lowest BCUT2D eigenvalue weighted by Crippen LogP contribution is -2.32. The van der Waals surface area contributed by atoms with E-state index >= 15 is 0 Å². The van der Waals surface area contributed by atoms with Crippen molar-refractivity contribution in [1.82, 2.24) is 29.5 Å². The molecule has 1 amide bonds. The largest absolute Gasteiger partial charge is 0.495 e. The zero-order valence-corrected chi connectivity index (χ0v) is 20.4. The van der Waals surface area contributed by atoms with E-state index in [-0.39, 0.29) is 17.9 Å². The summed E-state index contributed by atoms with van der Waals surface area (Å²) in [6.45, 7) is 1.97. The van der Waals surface area contributed by atoms with Gasteiger partial charge in [-0.2, -0.15) is 10.1 Å². The number of hydrogen-bond donors (Lipinski definition) is 1. The monoisotopic (exact) mass is 463 g/mol. The van der Waals surface area contributed by atoms with Crippen LogP contribution in [0.15, 0.2) is 24.5 Å². The van der Waals surface area contributed by atoms with Crippen molar-refractivity contribution in [3.8, 4) is 5.75 Å². The Bertz CT molecular complexity index is 1200. The van der Waals surface area contributed by atoms with E-state index in [4.69, 9.17) is 9.72 Å². The summed E-state index contributed by atoms with van der Waals surface area (Å²) in [4.78, 5) is 25.7. The molecule has 0 unspecified atom stereocenters. The third kappa shape index (κ3) is 4.32. The number of likely N-dealkylation sites (N-methyl/N-ethyl adjacent to an activating group) is 1. The molecule has 5 rings (SSSR count). The number of methoxy groups -OCH3 is 1. The van der Waals surface area contributed by atoms with E-state index in [1.807, 2.05) is 31.2 Å². The van der Waals surface area contributed by atoms with Gasteiger partial charge in [-0.15, -0.1) is 0 Å². The zero-order chi connectivity index (χ0) is 23.8. The van der Waals surface area contributed by atoms with Crippen LogP contribution in [0.2, 0.25) is 0 Å². The molecule has 2 aromatic heterocycles. The molecule has 0 atom stereocenters. The molecule has 9 nitrogen and oxygen atoms in total. The number of carbonyl (C=O) groups is 1. The number of nitrogens with one attached hydrogen (secondary N) is 1. The van der Waals surface area contributed by atoms with E-state index in [0.29, 0.717) is 5.95 Å². The van der Waals surface area contributed by atoms with Gasteiger partial charge in [-0.1, -0.05) is 0 Å². The van der Waals surface area contributed by atoms with Crippen LogP contribution < -0.4 is 10.1 Å². The standard InChI is InChI=1S/C25H33N7O2/c1-30(2)24(33)16-5-7-20(8-6-16)32-23-19(14-27-32)13-26-25(29-23)28-21-11-18-15-31(3)10-9-17(18)12-22(21)34-4/h11-14,16,20H,5-10,15H2,1-4H3,(H,26,28,29). The molecule has 180 valence electrons. The zero-order valence-electron chi connectivity index (χ0n) is 20.4. The van der Waals surface area contributed by atoms with Crippen LogP contribution in [0.25, 0.3) is 11.0 Å². The van der Waals surface area contributed by atoms with E-state index < -0.39 is 0 Å². The molecule has 2 aliphatic rings. The fraction of sp³-hybridized carbons (Fsp3) is 0.520. The van der Waals surface area contributed by atoms with Gasteiger partial charge >= 0.3 is 0 Å². The minimum absolute atomic E-state index is 0.107. The Kier molecular flexibility index (Phi) is 6.12. The van der Waals surface area contributed by atoms with Crippen LogP contribution in [0.4, 0.5) is 11.6 Å². The molecular formula is C25H33N7O2. The van der Waals surface area contributed by atoms with E-state index in [9.17, 15) is 4.79 Å². The van der Waals surface area contributed by atoms with Crippen LogP contribution in [-0.2, 0) is 17.8 Å². The van der Waals surface area contributed by atoms with Crippen LogP contribution in [-0.4, -0.2) is 70.3 Å². The van der Waals surface area contributed by atoms with Crippen molar-refractivity contribution >= 4 is 28.6 Å². The molecule has 1 aliphatic carbocycles. The summed E-state index contributed by atoms with van der Waals surface area (Å²) in [7, 11) is 7.49. The second-order valence-corrected chi connectivity index (χ2v) is 9.73. The summed E-state index contributed by atoms with van der Waals surface area (Å²) in [6.07, 6.45) is 8.24. The molecule has 9 heteroatoms. The van der Waals surface area contributed by atoms with Gasteiger partial charge in [0, 0.05) is 39.3 Å². The maximum absolute atomic E-state index is 12.3. The summed E-state index contributed by atoms with van der Waals surface area (Å²) in [5.74, 6) is 1.65. The predicted octanol–water partition coefficient (Wildman–Crippen LogP) is 3.39. The summed E-state index contributed by atoms with van der Waals surface area (Å²) < 4.78 is 7.68. The fourth-order valence-electron chi connectivity index (χ4n) is 5.21. The van der Waals surface area contributed by atoms with Crippen LogP contribution in [0.5, 0.6) is 5.75 Å². The lowest BCUT2D eigenvalue weighted by molar-refractivity contribution is -0.134. The summed E-state index contributed by atoms with van der Waals surface area (Å²) in [5, 5.41) is 8.92. The highest BCUT2D eigenvalue weighted by Crippen LogP contribution is 2.35. The lowest BCUT2D eigenvalue weighted by Gasteiger charge is -2.29. The number of nitrogens with zero attached hydrogens (tertiary/aromatic N) is 6. The van der Waals surface area contributed by atoms with Gasteiger partial charge in [0.1, 0.15) is 5.75 Å². The lowest BCUT2D eigenvalue weighted by atomic mass is 9.85. The van der Waals surface area contributed by atoms with Crippen LogP contribution in [0, 0.1) is 5.92 Å². The van der Waals surface area contributed by atoms with Gasteiger partial charge in [0.15, 0.2) is 5.65 Å². The molecule has 1 fully saturated rings. The SMILES string of the molecule is COc1cc2c(cc1Nc1ncc3cnn(C4CCC(C(=O)N(C)C)CC4)c3n1)CN(C)CC2. The van der Waals surface area contributed by atoms with Gasteiger partial charge in [0.25, 0.3) is 0 Å². The molecule has 0 spiro atoms. The van der Waals surface area contributed by atoms with E-state index in [0.717, 1.165) is 67.7 Å². The van der Waals surface area contributed by atoms with Gasteiger partial charge in [0.05, 0.1) is 30.4 Å². The Morgan fingerprint density at radius 2 is 1.94 bits per heavy atom. The Labute approximate surface area is 200 Å². The Morgan fingerprint density at radius 1 is 1.15 bits per heavy atom. The number of hydrogen-bond acceptors (Lipinski definition) is 7. The summed E-state index contributed by atoms with van der Waals surface area (Å²) >= 11 is 0. The molecule has 1 aromatic carbocycles. The average Bonchev–Trinajstić information content (AvgIpc) is 3.26. The Morgan fingerprint density at radius 3 is 2.68 bits per heavy atom. The van der Waals surface area contributed by atoms with Crippen LogP contribution in [0.1, 0.15) is 42.9 Å².